The summed E-state index contributed by atoms with van der Waals surface area (Å²) in [7, 11) is 0. The SMILES string of the molecule is CC(C)(Cc1ccc(F)cc1)NSF. The molecule has 1 aromatic carbocycles. The Morgan fingerprint density at radius 1 is 1.29 bits per heavy atom. The average molecular weight is 217 g/mol. The molecule has 0 spiro atoms. The molecule has 1 N–H and O–H groups in total. The van der Waals surface area contributed by atoms with Crippen LogP contribution in [0.1, 0.15) is 19.4 Å². The van der Waals surface area contributed by atoms with Crippen molar-refractivity contribution in [2.75, 3.05) is 0 Å². The first-order valence-electron chi connectivity index (χ1n) is 4.33. The van der Waals surface area contributed by atoms with Gasteiger partial charge in [-0.1, -0.05) is 12.1 Å². The van der Waals surface area contributed by atoms with Crippen molar-refractivity contribution < 1.29 is 8.28 Å². The minimum absolute atomic E-state index is 0.107. The van der Waals surface area contributed by atoms with Crippen molar-refractivity contribution in [2.24, 2.45) is 0 Å². The summed E-state index contributed by atoms with van der Waals surface area (Å²) < 4.78 is 27.2. The summed E-state index contributed by atoms with van der Waals surface area (Å²) in [5.74, 6) is -0.251. The zero-order chi connectivity index (χ0) is 10.6. The van der Waals surface area contributed by atoms with E-state index in [0.29, 0.717) is 6.42 Å². The third kappa shape index (κ3) is 3.64. The molecule has 0 bridgehead atoms. The van der Waals surface area contributed by atoms with E-state index in [1.807, 2.05) is 13.8 Å². The van der Waals surface area contributed by atoms with Crippen LogP contribution in [-0.2, 0) is 6.42 Å². The summed E-state index contributed by atoms with van der Waals surface area (Å²) in [4.78, 5) is 0. The van der Waals surface area contributed by atoms with E-state index in [0.717, 1.165) is 5.56 Å². The van der Waals surface area contributed by atoms with Crippen LogP contribution < -0.4 is 4.72 Å². The lowest BCUT2D eigenvalue weighted by Crippen LogP contribution is -2.36. The van der Waals surface area contributed by atoms with Crippen molar-refractivity contribution >= 4 is 12.3 Å². The number of benzene rings is 1. The second-order valence-corrected chi connectivity index (χ2v) is 4.22. The standard InChI is InChI=1S/C10H13F2NS/c1-10(2,13-14-12)7-8-3-5-9(11)6-4-8/h3-6,13H,7H2,1-2H3. The van der Waals surface area contributed by atoms with Gasteiger partial charge in [0.25, 0.3) is 0 Å². The smallest absolute Gasteiger partial charge is 0.131 e. The molecule has 1 rings (SSSR count). The third-order valence-corrected chi connectivity index (χ3v) is 2.50. The van der Waals surface area contributed by atoms with Crippen LogP contribution in [0.15, 0.2) is 24.3 Å². The fraction of sp³-hybridized carbons (Fsp3) is 0.400. The molecule has 14 heavy (non-hydrogen) atoms. The second-order valence-electron chi connectivity index (χ2n) is 3.87. The van der Waals surface area contributed by atoms with Crippen LogP contribution in [0.3, 0.4) is 0 Å². The van der Waals surface area contributed by atoms with E-state index >= 15 is 0 Å². The maximum absolute atomic E-state index is 12.6. The monoisotopic (exact) mass is 217 g/mol. The fourth-order valence-electron chi connectivity index (χ4n) is 1.25. The van der Waals surface area contributed by atoms with E-state index in [1.54, 1.807) is 12.1 Å². The second kappa shape index (κ2) is 4.75. The molecular weight excluding hydrogens is 204 g/mol. The molecule has 0 radical (unpaired) electrons. The maximum Gasteiger partial charge on any atom is 0.131 e. The highest BCUT2D eigenvalue weighted by molar-refractivity contribution is 7.92. The lowest BCUT2D eigenvalue weighted by atomic mass is 9.96. The summed E-state index contributed by atoms with van der Waals surface area (Å²) in [6.45, 7) is 3.78. The number of rotatable bonds is 4. The molecule has 0 heterocycles. The molecule has 0 aromatic heterocycles. The van der Waals surface area contributed by atoms with Crippen LogP contribution in [0.25, 0.3) is 0 Å². The molecule has 0 unspecified atom stereocenters. The number of halogens is 2. The van der Waals surface area contributed by atoms with Gasteiger partial charge >= 0.3 is 0 Å². The van der Waals surface area contributed by atoms with Crippen molar-refractivity contribution in [1.82, 2.24) is 4.72 Å². The fourth-order valence-corrected chi connectivity index (χ4v) is 1.53. The van der Waals surface area contributed by atoms with Crippen molar-refractivity contribution in [3.8, 4) is 0 Å². The molecule has 0 saturated heterocycles. The molecule has 0 aliphatic carbocycles. The van der Waals surface area contributed by atoms with Crippen molar-refractivity contribution in [2.45, 2.75) is 25.8 Å². The predicted octanol–water partition coefficient (Wildman–Crippen LogP) is 3.27. The zero-order valence-corrected chi connectivity index (χ0v) is 9.00. The first-order chi connectivity index (χ1) is 6.53. The van der Waals surface area contributed by atoms with Gasteiger partial charge in [-0.2, -0.15) is 0 Å². The van der Waals surface area contributed by atoms with Gasteiger partial charge in [-0.05, 0) is 38.0 Å². The Kier molecular flexibility index (Phi) is 3.89. The van der Waals surface area contributed by atoms with Gasteiger partial charge in [0, 0.05) is 5.54 Å². The van der Waals surface area contributed by atoms with Gasteiger partial charge in [0.2, 0.25) is 0 Å². The summed E-state index contributed by atoms with van der Waals surface area (Å²) in [6.07, 6.45) is 0.657. The number of hydrogen-bond acceptors (Lipinski definition) is 2. The van der Waals surface area contributed by atoms with Gasteiger partial charge in [0.15, 0.2) is 0 Å². The topological polar surface area (TPSA) is 12.0 Å². The Labute approximate surface area is 87.3 Å². The lowest BCUT2D eigenvalue weighted by molar-refractivity contribution is 0.473. The van der Waals surface area contributed by atoms with Crippen LogP contribution in [-0.4, -0.2) is 5.54 Å². The van der Waals surface area contributed by atoms with Gasteiger partial charge in [-0.15, -0.1) is 3.89 Å². The predicted molar refractivity (Wildman–Crippen MR) is 56.0 cm³/mol. The lowest BCUT2D eigenvalue weighted by Gasteiger charge is -2.23. The van der Waals surface area contributed by atoms with E-state index in [9.17, 15) is 8.28 Å². The molecule has 0 aliphatic rings. The summed E-state index contributed by atoms with van der Waals surface area (Å²) >= 11 is 0.107. The Hall–Kier alpha value is -0.610. The van der Waals surface area contributed by atoms with Gasteiger partial charge in [-0.25, -0.2) is 9.11 Å². The van der Waals surface area contributed by atoms with Gasteiger partial charge in [-0.3, -0.25) is 0 Å². The number of hydrogen-bond donors (Lipinski definition) is 1. The van der Waals surface area contributed by atoms with Crippen LogP contribution in [0.4, 0.5) is 8.28 Å². The molecule has 0 fully saturated rings. The molecule has 0 amide bonds. The summed E-state index contributed by atoms with van der Waals surface area (Å²) in [5.41, 5.74) is 0.648. The van der Waals surface area contributed by atoms with E-state index in [2.05, 4.69) is 4.72 Å². The first-order valence-corrected chi connectivity index (χ1v) is 5.04. The van der Waals surface area contributed by atoms with E-state index in [4.69, 9.17) is 0 Å². The molecule has 0 aliphatic heterocycles. The molecular formula is C10H13F2NS. The van der Waals surface area contributed by atoms with Crippen molar-refractivity contribution in [3.63, 3.8) is 0 Å². The van der Waals surface area contributed by atoms with Gasteiger partial charge in [0.05, 0.1) is 0 Å². The Bertz CT molecular complexity index is 285. The Morgan fingerprint density at radius 2 is 1.86 bits per heavy atom. The van der Waals surface area contributed by atoms with Gasteiger partial charge in [0.1, 0.15) is 18.2 Å². The third-order valence-electron chi connectivity index (χ3n) is 1.87. The highest BCUT2D eigenvalue weighted by atomic mass is 32.2. The maximum atomic E-state index is 12.6. The zero-order valence-electron chi connectivity index (χ0n) is 8.18. The Morgan fingerprint density at radius 3 is 2.36 bits per heavy atom. The minimum atomic E-state index is -0.336. The highest BCUT2D eigenvalue weighted by Gasteiger charge is 2.17. The molecule has 0 atom stereocenters. The van der Waals surface area contributed by atoms with Crippen LogP contribution in [0.2, 0.25) is 0 Å². The van der Waals surface area contributed by atoms with Gasteiger partial charge < -0.3 is 0 Å². The summed E-state index contributed by atoms with van der Waals surface area (Å²) in [5, 5.41) is 0. The molecule has 78 valence electrons. The largest absolute Gasteiger partial charge is 0.230 e. The van der Waals surface area contributed by atoms with Crippen LogP contribution in [0, 0.1) is 5.82 Å². The molecule has 0 saturated carbocycles. The average Bonchev–Trinajstić information content (AvgIpc) is 2.08. The van der Waals surface area contributed by atoms with Crippen LogP contribution >= 0.6 is 12.3 Å². The number of nitrogens with one attached hydrogen (secondary N) is 1. The quantitative estimate of drug-likeness (QED) is 0.777. The van der Waals surface area contributed by atoms with Crippen molar-refractivity contribution in [3.05, 3.63) is 35.6 Å². The molecule has 1 aromatic rings. The normalized spacial score (nSPS) is 11.7. The first kappa shape index (κ1) is 11.5. The van der Waals surface area contributed by atoms with E-state index in [1.165, 1.54) is 12.1 Å². The van der Waals surface area contributed by atoms with E-state index in [-0.39, 0.29) is 23.7 Å². The molecule has 4 heteroatoms. The minimum Gasteiger partial charge on any atom is -0.230 e. The summed E-state index contributed by atoms with van der Waals surface area (Å²) in [6, 6.07) is 6.24. The van der Waals surface area contributed by atoms with Crippen molar-refractivity contribution in [1.29, 1.82) is 0 Å². The van der Waals surface area contributed by atoms with E-state index < -0.39 is 0 Å². The molecule has 1 nitrogen and oxygen atoms in total. The van der Waals surface area contributed by atoms with Crippen LogP contribution in [0.5, 0.6) is 0 Å². The highest BCUT2D eigenvalue weighted by Crippen LogP contribution is 2.16. The Balaban J connectivity index is 2.64.